The van der Waals surface area contributed by atoms with Crippen molar-refractivity contribution in [3.8, 4) is 0 Å². The molecule has 1 aliphatic carbocycles. The molecule has 1 N–H and O–H groups in total. The zero-order chi connectivity index (χ0) is 26.2. The monoisotopic (exact) mass is 495 g/mol. The number of hydrogen-bond acceptors (Lipinski definition) is 7. The third-order valence-electron chi connectivity index (χ3n) is 6.51. The van der Waals surface area contributed by atoms with Crippen molar-refractivity contribution in [2.45, 2.75) is 46.1 Å². The average molecular weight is 496 g/mol. The molecule has 0 saturated heterocycles. The van der Waals surface area contributed by atoms with Crippen LogP contribution in [0, 0.1) is 17.8 Å². The van der Waals surface area contributed by atoms with Crippen molar-refractivity contribution < 1.29 is 33.4 Å². The summed E-state index contributed by atoms with van der Waals surface area (Å²) in [5.74, 6) is -1.30. The number of hydrogen-bond donors (Lipinski definition) is 1. The number of ether oxygens (including phenoxy) is 3. The van der Waals surface area contributed by atoms with Gasteiger partial charge >= 0.3 is 17.9 Å². The maximum absolute atomic E-state index is 13.0. The van der Waals surface area contributed by atoms with Crippen molar-refractivity contribution in [2.24, 2.45) is 17.8 Å². The van der Waals surface area contributed by atoms with Crippen LogP contribution in [0.1, 0.15) is 71.1 Å². The number of nitrogens with one attached hydrogen (secondary N) is 1. The fourth-order valence-electron chi connectivity index (χ4n) is 4.50. The minimum absolute atomic E-state index is 0.0442. The smallest absolute Gasteiger partial charge is 0.339 e. The Bertz CT molecular complexity index is 1090. The fourth-order valence-corrected chi connectivity index (χ4v) is 4.50. The lowest BCUT2D eigenvalue weighted by molar-refractivity contribution is -0.119. The minimum atomic E-state index is -0.795. The van der Waals surface area contributed by atoms with Crippen LogP contribution < -0.4 is 5.32 Å². The topological polar surface area (TPSA) is 108 Å². The van der Waals surface area contributed by atoms with E-state index in [4.69, 9.17) is 9.47 Å². The second kappa shape index (κ2) is 12.3. The summed E-state index contributed by atoms with van der Waals surface area (Å²) in [5.41, 5.74) is 0.923. The van der Waals surface area contributed by atoms with Gasteiger partial charge in [-0.25, -0.2) is 14.4 Å². The number of esters is 3. The zero-order valence-electron chi connectivity index (χ0n) is 21.1. The molecule has 192 valence electrons. The highest BCUT2D eigenvalue weighted by atomic mass is 16.5. The average Bonchev–Trinajstić information content (AvgIpc) is 2.87. The SMILES string of the molecule is COC(=O)c1ccc(NC(=O)COC(=O)c2ccccc2C(=O)O[C@@H]2C[C@H](C)CC[C@H]2C(C)C)cc1. The first-order chi connectivity index (χ1) is 17.2. The van der Waals surface area contributed by atoms with Gasteiger partial charge in [-0.15, -0.1) is 0 Å². The third-order valence-corrected chi connectivity index (χ3v) is 6.51. The molecule has 0 heterocycles. The van der Waals surface area contributed by atoms with Crippen LogP contribution in [0.3, 0.4) is 0 Å². The highest BCUT2D eigenvalue weighted by Gasteiger charge is 2.34. The number of methoxy groups -OCH3 is 1. The van der Waals surface area contributed by atoms with Crippen LogP contribution in [0.4, 0.5) is 5.69 Å². The van der Waals surface area contributed by atoms with E-state index in [2.05, 4.69) is 30.8 Å². The van der Waals surface area contributed by atoms with E-state index in [1.54, 1.807) is 12.1 Å². The molecule has 3 atom stereocenters. The second-order valence-electron chi connectivity index (χ2n) is 9.51. The Morgan fingerprint density at radius 2 is 1.56 bits per heavy atom. The Morgan fingerprint density at radius 1 is 0.917 bits per heavy atom. The van der Waals surface area contributed by atoms with Gasteiger partial charge in [0.1, 0.15) is 6.10 Å². The highest BCUT2D eigenvalue weighted by molar-refractivity contribution is 6.04. The van der Waals surface area contributed by atoms with Crippen molar-refractivity contribution in [3.63, 3.8) is 0 Å². The van der Waals surface area contributed by atoms with Crippen LogP contribution in [0.5, 0.6) is 0 Å². The van der Waals surface area contributed by atoms with Crippen LogP contribution in [-0.2, 0) is 19.0 Å². The normalized spacial score (nSPS) is 19.3. The van der Waals surface area contributed by atoms with Crippen LogP contribution in [-0.4, -0.2) is 43.6 Å². The summed E-state index contributed by atoms with van der Waals surface area (Å²) in [5, 5.41) is 2.58. The molecule has 0 unspecified atom stereocenters. The highest BCUT2D eigenvalue weighted by Crippen LogP contribution is 2.35. The Morgan fingerprint density at radius 3 is 2.17 bits per heavy atom. The maximum atomic E-state index is 13.0. The van der Waals surface area contributed by atoms with E-state index < -0.39 is 30.4 Å². The maximum Gasteiger partial charge on any atom is 0.339 e. The molecule has 0 spiro atoms. The molecule has 0 aromatic heterocycles. The molecule has 2 aromatic carbocycles. The first-order valence-electron chi connectivity index (χ1n) is 12.1. The third kappa shape index (κ3) is 6.93. The number of carbonyl (C=O) groups excluding carboxylic acids is 4. The molecule has 36 heavy (non-hydrogen) atoms. The number of amides is 1. The molecule has 0 aliphatic heterocycles. The largest absolute Gasteiger partial charge is 0.465 e. The summed E-state index contributed by atoms with van der Waals surface area (Å²) < 4.78 is 15.7. The molecule has 8 nitrogen and oxygen atoms in total. The minimum Gasteiger partial charge on any atom is -0.465 e. The van der Waals surface area contributed by atoms with Gasteiger partial charge in [0.2, 0.25) is 0 Å². The van der Waals surface area contributed by atoms with Gasteiger partial charge in [-0.2, -0.15) is 0 Å². The second-order valence-corrected chi connectivity index (χ2v) is 9.51. The van der Waals surface area contributed by atoms with Gasteiger partial charge in [0.05, 0.1) is 23.8 Å². The molecule has 1 aliphatic rings. The molecule has 2 aromatic rings. The predicted molar refractivity (Wildman–Crippen MR) is 134 cm³/mol. The van der Waals surface area contributed by atoms with E-state index >= 15 is 0 Å². The van der Waals surface area contributed by atoms with Crippen molar-refractivity contribution in [2.75, 3.05) is 19.0 Å². The summed E-state index contributed by atoms with van der Waals surface area (Å²) in [6.45, 7) is 5.87. The molecule has 0 radical (unpaired) electrons. The van der Waals surface area contributed by atoms with Crippen LogP contribution >= 0.6 is 0 Å². The summed E-state index contributed by atoms with van der Waals surface area (Å²) in [6, 6.07) is 12.4. The van der Waals surface area contributed by atoms with E-state index in [1.807, 2.05) is 0 Å². The van der Waals surface area contributed by atoms with Gasteiger partial charge in [0.25, 0.3) is 5.91 Å². The number of anilines is 1. The Hall–Kier alpha value is -3.68. The zero-order valence-corrected chi connectivity index (χ0v) is 21.1. The Labute approximate surface area is 211 Å². The first kappa shape index (κ1) is 26.9. The lowest BCUT2D eigenvalue weighted by Gasteiger charge is -2.36. The van der Waals surface area contributed by atoms with E-state index in [1.165, 1.54) is 43.5 Å². The van der Waals surface area contributed by atoms with Gasteiger partial charge in [-0.3, -0.25) is 4.79 Å². The number of carbonyl (C=O) groups is 4. The van der Waals surface area contributed by atoms with Gasteiger partial charge in [-0.05, 0) is 67.0 Å². The summed E-state index contributed by atoms with van der Waals surface area (Å²) in [4.78, 5) is 49.6. The van der Waals surface area contributed by atoms with Crippen molar-refractivity contribution in [1.29, 1.82) is 0 Å². The first-order valence-corrected chi connectivity index (χ1v) is 12.1. The fraction of sp³-hybridized carbons (Fsp3) is 0.429. The Balaban J connectivity index is 1.61. The number of rotatable bonds is 8. The molecule has 1 fully saturated rings. The molecular formula is C28H33NO7. The lowest BCUT2D eigenvalue weighted by atomic mass is 9.75. The summed E-state index contributed by atoms with van der Waals surface area (Å²) in [7, 11) is 1.28. The van der Waals surface area contributed by atoms with Crippen molar-refractivity contribution in [3.05, 3.63) is 65.2 Å². The molecular weight excluding hydrogens is 462 g/mol. The standard InChI is InChI=1S/C28H33NO7/c1-17(2)21-14-9-18(3)15-24(21)36-28(33)23-8-6-5-7-22(23)27(32)35-16-25(30)29-20-12-10-19(11-13-20)26(31)34-4/h5-8,10-13,17-18,21,24H,9,14-16H2,1-4H3,(H,29,30)/t18-,21+,24-/m1/s1. The molecule has 3 rings (SSSR count). The summed E-state index contributed by atoms with van der Waals surface area (Å²) >= 11 is 0. The lowest BCUT2D eigenvalue weighted by Crippen LogP contribution is -2.36. The van der Waals surface area contributed by atoms with Gasteiger partial charge in [0, 0.05) is 5.69 Å². The predicted octanol–water partition coefficient (Wildman–Crippen LogP) is 4.89. The molecule has 0 bridgehead atoms. The Kier molecular flexibility index (Phi) is 9.22. The van der Waals surface area contributed by atoms with E-state index in [-0.39, 0.29) is 23.1 Å². The molecule has 8 heteroatoms. The summed E-state index contributed by atoms with van der Waals surface area (Å²) in [6.07, 6.45) is 2.70. The molecule has 1 amide bonds. The van der Waals surface area contributed by atoms with Gasteiger partial charge in [0.15, 0.2) is 6.61 Å². The quantitative estimate of drug-likeness (QED) is 0.410. The molecule has 1 saturated carbocycles. The van der Waals surface area contributed by atoms with Gasteiger partial charge < -0.3 is 19.5 Å². The van der Waals surface area contributed by atoms with E-state index in [0.29, 0.717) is 23.1 Å². The van der Waals surface area contributed by atoms with E-state index in [9.17, 15) is 19.2 Å². The van der Waals surface area contributed by atoms with Crippen molar-refractivity contribution in [1.82, 2.24) is 0 Å². The number of benzene rings is 2. The van der Waals surface area contributed by atoms with Crippen molar-refractivity contribution >= 4 is 29.5 Å². The van der Waals surface area contributed by atoms with Crippen LogP contribution in [0.2, 0.25) is 0 Å². The van der Waals surface area contributed by atoms with Crippen LogP contribution in [0.15, 0.2) is 48.5 Å². The van der Waals surface area contributed by atoms with E-state index in [0.717, 1.165) is 19.3 Å². The van der Waals surface area contributed by atoms with Crippen LogP contribution in [0.25, 0.3) is 0 Å². The van der Waals surface area contributed by atoms with Gasteiger partial charge in [-0.1, -0.05) is 39.3 Å².